The summed E-state index contributed by atoms with van der Waals surface area (Å²) < 4.78 is 11.2. The second-order valence-corrected chi connectivity index (χ2v) is 16.9. The zero-order chi connectivity index (χ0) is 39.8. The number of carbonyl (C=O) groups excluding carboxylic acids is 1. The van der Waals surface area contributed by atoms with Crippen LogP contribution in [0, 0.1) is 0 Å². The Kier molecular flexibility index (Phi) is 48.0. The van der Waals surface area contributed by atoms with Gasteiger partial charge in [0.05, 0.1) is 13.2 Å². The van der Waals surface area contributed by atoms with Crippen molar-refractivity contribution < 1.29 is 19.4 Å². The van der Waals surface area contributed by atoms with E-state index in [1.54, 1.807) is 0 Å². The summed E-state index contributed by atoms with van der Waals surface area (Å²) in [6.07, 6.45) is 61.3. The topological polar surface area (TPSA) is 55.8 Å². The van der Waals surface area contributed by atoms with Crippen LogP contribution < -0.4 is 0 Å². The number of rotatable bonds is 47. The molecule has 0 bridgehead atoms. The molecule has 1 N–H and O–H groups in total. The third kappa shape index (κ3) is 47.1. The molecular weight excluding hydrogens is 677 g/mol. The van der Waals surface area contributed by atoms with Crippen LogP contribution in [-0.4, -0.2) is 37.0 Å². The molecule has 0 aromatic heterocycles. The fourth-order valence-electron chi connectivity index (χ4n) is 7.50. The summed E-state index contributed by atoms with van der Waals surface area (Å²) in [5.41, 5.74) is 0. The maximum absolute atomic E-state index is 12.2. The van der Waals surface area contributed by atoms with E-state index in [2.05, 4.69) is 38.2 Å². The molecule has 0 rings (SSSR count). The second kappa shape index (κ2) is 49.0. The summed E-state index contributed by atoms with van der Waals surface area (Å²) in [6, 6.07) is 0. The van der Waals surface area contributed by atoms with Crippen molar-refractivity contribution in [2.75, 3.05) is 19.8 Å². The lowest BCUT2D eigenvalue weighted by molar-refractivity contribution is -0.154. The van der Waals surface area contributed by atoms with Crippen molar-refractivity contribution in [3.63, 3.8) is 0 Å². The first-order valence-corrected chi connectivity index (χ1v) is 24.9. The van der Waals surface area contributed by atoms with E-state index in [4.69, 9.17) is 9.47 Å². The Labute approximate surface area is 345 Å². The van der Waals surface area contributed by atoms with Crippen LogP contribution in [0.5, 0.6) is 0 Å². The maximum Gasteiger partial charge on any atom is 0.306 e. The van der Waals surface area contributed by atoms with Crippen molar-refractivity contribution in [1.82, 2.24) is 0 Å². The molecule has 0 radical (unpaired) electrons. The highest BCUT2D eigenvalue weighted by atomic mass is 16.6. The molecule has 55 heavy (non-hydrogen) atoms. The van der Waals surface area contributed by atoms with Gasteiger partial charge in [-0.15, -0.1) is 0 Å². The number of hydrogen-bond donors (Lipinski definition) is 1. The Morgan fingerprint density at radius 2 is 0.709 bits per heavy atom. The maximum atomic E-state index is 12.2. The number of carbonyl (C=O) groups is 1. The van der Waals surface area contributed by atoms with Gasteiger partial charge in [-0.2, -0.15) is 0 Å². The van der Waals surface area contributed by atoms with Crippen molar-refractivity contribution in [1.29, 1.82) is 0 Å². The van der Waals surface area contributed by atoms with Crippen LogP contribution in [0.3, 0.4) is 0 Å². The van der Waals surface area contributed by atoms with E-state index in [0.717, 1.165) is 19.3 Å². The van der Waals surface area contributed by atoms with E-state index in [-0.39, 0.29) is 12.6 Å². The number of aliphatic hydroxyl groups is 1. The molecule has 0 fully saturated rings. The van der Waals surface area contributed by atoms with Crippen molar-refractivity contribution in [3.8, 4) is 0 Å². The second-order valence-electron chi connectivity index (χ2n) is 16.9. The number of allylic oxidation sites excluding steroid dienone is 4. The minimum Gasteiger partial charge on any atom is -0.457 e. The zero-order valence-corrected chi connectivity index (χ0v) is 37.5. The first-order chi connectivity index (χ1) is 27.2. The Hall–Kier alpha value is -1.13. The number of esters is 1. The number of ether oxygens (including phenoxy) is 2. The molecular formula is C51H98O4. The summed E-state index contributed by atoms with van der Waals surface area (Å²) in [6.45, 7) is 5.38. The molecule has 0 aromatic carbocycles. The van der Waals surface area contributed by atoms with E-state index in [9.17, 15) is 9.90 Å². The smallest absolute Gasteiger partial charge is 0.306 e. The van der Waals surface area contributed by atoms with Crippen molar-refractivity contribution in [2.24, 2.45) is 0 Å². The van der Waals surface area contributed by atoms with Gasteiger partial charge in [0, 0.05) is 13.0 Å². The van der Waals surface area contributed by atoms with Gasteiger partial charge >= 0.3 is 5.97 Å². The van der Waals surface area contributed by atoms with Crippen LogP contribution in [0.25, 0.3) is 0 Å². The van der Waals surface area contributed by atoms with Gasteiger partial charge in [-0.25, -0.2) is 0 Å². The summed E-state index contributed by atoms with van der Waals surface area (Å²) >= 11 is 0. The van der Waals surface area contributed by atoms with Gasteiger partial charge in [-0.3, -0.25) is 4.79 Å². The van der Waals surface area contributed by atoms with Crippen LogP contribution in [0.1, 0.15) is 271 Å². The van der Waals surface area contributed by atoms with E-state index in [1.807, 2.05) is 0 Å². The predicted molar refractivity (Wildman–Crippen MR) is 242 cm³/mol. The van der Waals surface area contributed by atoms with Crippen LogP contribution >= 0.6 is 0 Å². The van der Waals surface area contributed by atoms with Gasteiger partial charge < -0.3 is 14.6 Å². The summed E-state index contributed by atoms with van der Waals surface area (Å²) in [4.78, 5) is 12.2. The molecule has 4 nitrogen and oxygen atoms in total. The zero-order valence-electron chi connectivity index (χ0n) is 37.5. The monoisotopic (exact) mass is 775 g/mol. The molecule has 0 aliphatic carbocycles. The summed E-state index contributed by atoms with van der Waals surface area (Å²) in [5, 5.41) is 9.63. The summed E-state index contributed by atoms with van der Waals surface area (Å²) in [5.74, 6) is -0.200. The molecule has 0 amide bonds. The fourth-order valence-corrected chi connectivity index (χ4v) is 7.50. The Morgan fingerprint density at radius 3 is 1.04 bits per heavy atom. The average Bonchev–Trinajstić information content (AvgIpc) is 3.19. The quantitative estimate of drug-likeness (QED) is 0.0380. The molecule has 1 atom stereocenters. The first-order valence-electron chi connectivity index (χ1n) is 24.9. The van der Waals surface area contributed by atoms with Crippen LogP contribution in [0.4, 0.5) is 0 Å². The van der Waals surface area contributed by atoms with Gasteiger partial charge in [-0.05, 0) is 64.2 Å². The Bertz CT molecular complexity index is 777. The minimum atomic E-state index is -0.533. The van der Waals surface area contributed by atoms with Crippen LogP contribution in [-0.2, 0) is 14.3 Å². The molecule has 0 saturated carbocycles. The molecule has 1 unspecified atom stereocenters. The minimum absolute atomic E-state index is 0.169. The van der Waals surface area contributed by atoms with Gasteiger partial charge in [0.2, 0.25) is 0 Å². The van der Waals surface area contributed by atoms with Crippen LogP contribution in [0.15, 0.2) is 24.3 Å². The number of hydrogen-bond acceptors (Lipinski definition) is 4. The largest absolute Gasteiger partial charge is 0.457 e. The van der Waals surface area contributed by atoms with Gasteiger partial charge in [0.15, 0.2) is 0 Å². The lowest BCUT2D eigenvalue weighted by Crippen LogP contribution is -2.27. The van der Waals surface area contributed by atoms with Gasteiger partial charge in [-0.1, -0.05) is 224 Å². The molecule has 0 spiro atoms. The predicted octanol–water partition coefficient (Wildman–Crippen LogP) is 16.7. The van der Waals surface area contributed by atoms with Crippen molar-refractivity contribution >= 4 is 5.97 Å². The molecule has 0 aliphatic rings. The highest BCUT2D eigenvalue weighted by Crippen LogP contribution is 2.15. The third-order valence-corrected chi connectivity index (χ3v) is 11.2. The normalized spacial score (nSPS) is 12.4. The molecule has 0 aromatic rings. The lowest BCUT2D eigenvalue weighted by atomic mass is 10.0. The van der Waals surface area contributed by atoms with E-state index < -0.39 is 6.10 Å². The lowest BCUT2D eigenvalue weighted by Gasteiger charge is -2.16. The SMILES string of the molecule is CCCCCCCC/C=C\CCCCCCCCCC(=O)OC(CO)COCCCCCCCCCCCCCCCC/C=C\CCCCCCCCCC. The van der Waals surface area contributed by atoms with E-state index in [1.165, 1.54) is 231 Å². The standard InChI is InChI=1S/C51H98O4/c1-3-5-7-9-11-13-15-17-19-21-22-23-24-25-26-27-28-29-31-33-35-37-39-41-43-45-47-54-49-50(48-52)55-51(53)46-44-42-40-38-36-34-32-30-20-18-16-14-12-10-8-6-4-2/h18,20-22,50,52H,3-17,19,23-49H2,1-2H3/b20-18-,22-21-. The highest BCUT2D eigenvalue weighted by molar-refractivity contribution is 5.69. The van der Waals surface area contributed by atoms with Gasteiger partial charge in [0.1, 0.15) is 6.10 Å². The average molecular weight is 775 g/mol. The first kappa shape index (κ1) is 53.9. The molecule has 0 saturated heterocycles. The van der Waals surface area contributed by atoms with Crippen molar-refractivity contribution in [2.45, 2.75) is 277 Å². The highest BCUT2D eigenvalue weighted by Gasteiger charge is 2.13. The van der Waals surface area contributed by atoms with Gasteiger partial charge in [0.25, 0.3) is 0 Å². The summed E-state index contributed by atoms with van der Waals surface area (Å²) in [7, 11) is 0. The number of aliphatic hydroxyl groups excluding tert-OH is 1. The number of unbranched alkanes of at least 4 members (excludes halogenated alkanes) is 35. The van der Waals surface area contributed by atoms with Crippen LogP contribution in [0.2, 0.25) is 0 Å². The fraction of sp³-hybridized carbons (Fsp3) is 0.902. The molecule has 4 heteroatoms. The Balaban J connectivity index is 3.36. The molecule has 0 heterocycles. The molecule has 326 valence electrons. The third-order valence-electron chi connectivity index (χ3n) is 11.2. The van der Waals surface area contributed by atoms with E-state index >= 15 is 0 Å². The Morgan fingerprint density at radius 1 is 0.418 bits per heavy atom. The molecule has 0 aliphatic heterocycles. The van der Waals surface area contributed by atoms with E-state index in [0.29, 0.717) is 19.6 Å². The van der Waals surface area contributed by atoms with Crippen molar-refractivity contribution in [3.05, 3.63) is 24.3 Å².